The van der Waals surface area contributed by atoms with E-state index in [4.69, 9.17) is 0 Å². The second kappa shape index (κ2) is 13.6. The van der Waals surface area contributed by atoms with Crippen LogP contribution in [0.5, 0.6) is 0 Å². The summed E-state index contributed by atoms with van der Waals surface area (Å²) < 4.78 is 0. The summed E-state index contributed by atoms with van der Waals surface area (Å²) in [5, 5.41) is 6.00. The van der Waals surface area contributed by atoms with Crippen molar-refractivity contribution in [2.24, 2.45) is 0 Å². The van der Waals surface area contributed by atoms with Gasteiger partial charge in [0.15, 0.2) is 0 Å². The van der Waals surface area contributed by atoms with Crippen molar-refractivity contribution < 1.29 is 9.59 Å². The fourth-order valence-corrected chi connectivity index (χ4v) is 4.28. The molecule has 1 aliphatic heterocycles. The second-order valence-corrected chi connectivity index (χ2v) is 8.89. The number of unbranched alkanes of at least 4 members (excludes halogenated alkanes) is 6. The number of nitrogens with zero attached hydrogens (tertiary/aromatic N) is 2. The maximum atomic E-state index is 13.1. The number of hydrogen-bond acceptors (Lipinski definition) is 4. The average molecular weight is 451 g/mol. The molecule has 0 atom stereocenters. The van der Waals surface area contributed by atoms with Crippen LogP contribution in [-0.4, -0.2) is 29.9 Å². The predicted octanol–water partition coefficient (Wildman–Crippen LogP) is 5.69. The third-order valence-corrected chi connectivity index (χ3v) is 6.15. The van der Waals surface area contributed by atoms with Gasteiger partial charge in [0.25, 0.3) is 5.91 Å². The number of aromatic nitrogens is 1. The lowest BCUT2D eigenvalue weighted by Gasteiger charge is -2.22. The fourth-order valence-electron chi connectivity index (χ4n) is 4.28. The van der Waals surface area contributed by atoms with Crippen LogP contribution >= 0.6 is 0 Å². The van der Waals surface area contributed by atoms with Crippen LogP contribution in [0.25, 0.3) is 0 Å². The van der Waals surface area contributed by atoms with E-state index in [1.54, 1.807) is 12.4 Å². The van der Waals surface area contributed by atoms with Gasteiger partial charge in [-0.1, -0.05) is 51.5 Å². The highest BCUT2D eigenvalue weighted by atomic mass is 16.2. The van der Waals surface area contributed by atoms with Crippen molar-refractivity contribution in [2.75, 3.05) is 23.3 Å². The van der Waals surface area contributed by atoms with Crippen LogP contribution in [0.1, 0.15) is 87.1 Å². The number of amides is 2. The van der Waals surface area contributed by atoms with Crippen LogP contribution in [-0.2, 0) is 11.3 Å². The first kappa shape index (κ1) is 24.7. The van der Waals surface area contributed by atoms with Crippen molar-refractivity contribution in [1.82, 2.24) is 10.3 Å². The molecule has 1 fully saturated rings. The van der Waals surface area contributed by atoms with Crippen molar-refractivity contribution in [3.8, 4) is 0 Å². The number of rotatable bonds is 13. The summed E-state index contributed by atoms with van der Waals surface area (Å²) in [7, 11) is 0. The lowest BCUT2D eigenvalue weighted by Crippen LogP contribution is -2.27. The van der Waals surface area contributed by atoms with E-state index in [-0.39, 0.29) is 11.8 Å². The van der Waals surface area contributed by atoms with E-state index in [1.807, 2.05) is 30.3 Å². The normalized spacial score (nSPS) is 13.2. The van der Waals surface area contributed by atoms with E-state index in [1.165, 1.54) is 32.1 Å². The monoisotopic (exact) mass is 450 g/mol. The topological polar surface area (TPSA) is 74.3 Å². The van der Waals surface area contributed by atoms with E-state index < -0.39 is 0 Å². The molecule has 2 aromatic rings. The summed E-state index contributed by atoms with van der Waals surface area (Å²) >= 11 is 0. The van der Waals surface area contributed by atoms with Gasteiger partial charge in [-0.05, 0) is 49.1 Å². The standard InChI is InChI=1S/C27H38N4O2/c1-2-3-4-5-6-7-8-13-26(32)30-23-14-15-25(31-17-9-10-18-31)24(19-23)27(33)29-21-22-12-11-16-28-20-22/h11-12,14-16,19-20H,2-10,13,17-18,21H2,1H3,(H,29,33)(H,30,32). The molecule has 0 radical (unpaired) electrons. The zero-order valence-corrected chi connectivity index (χ0v) is 19.9. The summed E-state index contributed by atoms with van der Waals surface area (Å²) in [4.78, 5) is 31.9. The molecule has 1 aromatic heterocycles. The molecule has 33 heavy (non-hydrogen) atoms. The first-order chi connectivity index (χ1) is 16.2. The molecule has 3 rings (SSSR count). The highest BCUT2D eigenvalue weighted by molar-refractivity contribution is 6.02. The SMILES string of the molecule is CCCCCCCCCC(=O)Nc1ccc(N2CCCC2)c(C(=O)NCc2cccnc2)c1. The molecule has 6 heteroatoms. The van der Waals surface area contributed by atoms with Crippen molar-refractivity contribution in [1.29, 1.82) is 0 Å². The molecule has 0 bridgehead atoms. The molecule has 0 spiro atoms. The molecule has 178 valence electrons. The molecule has 2 heterocycles. The van der Waals surface area contributed by atoms with Gasteiger partial charge in [0.05, 0.1) is 5.56 Å². The molecular formula is C27H38N4O2. The first-order valence-electron chi connectivity index (χ1n) is 12.5. The van der Waals surface area contributed by atoms with Gasteiger partial charge in [0.2, 0.25) is 5.91 Å². The van der Waals surface area contributed by atoms with Crippen LogP contribution < -0.4 is 15.5 Å². The van der Waals surface area contributed by atoms with E-state index in [0.29, 0.717) is 24.2 Å². The molecule has 2 amide bonds. The molecule has 0 aliphatic carbocycles. The van der Waals surface area contributed by atoms with Gasteiger partial charge in [0, 0.05) is 49.8 Å². The van der Waals surface area contributed by atoms with Gasteiger partial charge in [-0.25, -0.2) is 0 Å². The Labute approximate surface area is 198 Å². The minimum absolute atomic E-state index is 0.0131. The highest BCUT2D eigenvalue weighted by Crippen LogP contribution is 2.28. The van der Waals surface area contributed by atoms with Crippen LogP contribution in [0, 0.1) is 0 Å². The van der Waals surface area contributed by atoms with Crippen molar-refractivity contribution in [3.63, 3.8) is 0 Å². The lowest BCUT2D eigenvalue weighted by atomic mass is 10.1. The summed E-state index contributed by atoms with van der Waals surface area (Å²) in [6, 6.07) is 9.49. The van der Waals surface area contributed by atoms with Crippen LogP contribution in [0.4, 0.5) is 11.4 Å². The quantitative estimate of drug-likeness (QED) is 0.384. The van der Waals surface area contributed by atoms with Gasteiger partial charge in [-0.15, -0.1) is 0 Å². The molecule has 1 aliphatic rings. The molecular weight excluding hydrogens is 412 g/mol. The molecule has 0 unspecified atom stereocenters. The predicted molar refractivity (Wildman–Crippen MR) is 135 cm³/mol. The number of carbonyl (C=O) groups excluding carboxylic acids is 2. The summed E-state index contributed by atoms with van der Waals surface area (Å²) in [5.74, 6) is -0.122. The van der Waals surface area contributed by atoms with Crippen molar-refractivity contribution >= 4 is 23.2 Å². The minimum atomic E-state index is -0.135. The van der Waals surface area contributed by atoms with E-state index in [2.05, 4.69) is 27.4 Å². The fraction of sp³-hybridized carbons (Fsp3) is 0.519. The Hall–Kier alpha value is -2.89. The number of pyridine rings is 1. The largest absolute Gasteiger partial charge is 0.371 e. The number of carbonyl (C=O) groups is 2. The molecule has 1 saturated heterocycles. The number of benzene rings is 1. The van der Waals surface area contributed by atoms with Gasteiger partial charge in [-0.3, -0.25) is 14.6 Å². The smallest absolute Gasteiger partial charge is 0.253 e. The van der Waals surface area contributed by atoms with Crippen molar-refractivity contribution in [2.45, 2.75) is 77.7 Å². The van der Waals surface area contributed by atoms with E-state index in [9.17, 15) is 9.59 Å². The maximum absolute atomic E-state index is 13.1. The summed E-state index contributed by atoms with van der Waals surface area (Å²) in [6.45, 7) is 4.54. The van der Waals surface area contributed by atoms with Crippen LogP contribution in [0.3, 0.4) is 0 Å². The lowest BCUT2D eigenvalue weighted by molar-refractivity contribution is -0.116. The second-order valence-electron chi connectivity index (χ2n) is 8.89. The van der Waals surface area contributed by atoms with Gasteiger partial charge in [-0.2, -0.15) is 0 Å². The van der Waals surface area contributed by atoms with Gasteiger partial charge in [0.1, 0.15) is 0 Å². The zero-order valence-electron chi connectivity index (χ0n) is 19.9. The molecule has 6 nitrogen and oxygen atoms in total. The van der Waals surface area contributed by atoms with Gasteiger partial charge < -0.3 is 15.5 Å². The Morgan fingerprint density at radius 1 is 1.00 bits per heavy atom. The Balaban J connectivity index is 1.58. The number of anilines is 2. The van der Waals surface area contributed by atoms with Crippen LogP contribution in [0.15, 0.2) is 42.7 Å². The van der Waals surface area contributed by atoms with Crippen LogP contribution in [0.2, 0.25) is 0 Å². The zero-order chi connectivity index (χ0) is 23.3. The Morgan fingerprint density at radius 2 is 1.76 bits per heavy atom. The number of nitrogens with one attached hydrogen (secondary N) is 2. The Kier molecular flexibility index (Phi) is 10.2. The number of hydrogen-bond donors (Lipinski definition) is 2. The Bertz CT molecular complexity index is 879. The van der Waals surface area contributed by atoms with Crippen molar-refractivity contribution in [3.05, 3.63) is 53.9 Å². The summed E-state index contributed by atoms with van der Waals surface area (Å²) in [6.07, 6.45) is 14.5. The minimum Gasteiger partial charge on any atom is -0.371 e. The molecule has 2 N–H and O–H groups in total. The third-order valence-electron chi connectivity index (χ3n) is 6.15. The average Bonchev–Trinajstić information content (AvgIpc) is 3.37. The first-order valence-corrected chi connectivity index (χ1v) is 12.5. The Morgan fingerprint density at radius 3 is 2.48 bits per heavy atom. The van der Waals surface area contributed by atoms with E-state index in [0.717, 1.165) is 50.0 Å². The highest BCUT2D eigenvalue weighted by Gasteiger charge is 2.20. The van der Waals surface area contributed by atoms with Gasteiger partial charge >= 0.3 is 0 Å². The molecule has 1 aromatic carbocycles. The van der Waals surface area contributed by atoms with E-state index >= 15 is 0 Å². The molecule has 0 saturated carbocycles. The summed E-state index contributed by atoms with van der Waals surface area (Å²) in [5.41, 5.74) is 3.17. The third kappa shape index (κ3) is 8.19. The maximum Gasteiger partial charge on any atom is 0.253 e.